The number of halogens is 2. The van der Waals surface area contributed by atoms with Gasteiger partial charge in [-0.15, -0.1) is 10.2 Å². The van der Waals surface area contributed by atoms with Gasteiger partial charge in [-0.25, -0.2) is 0 Å². The van der Waals surface area contributed by atoms with E-state index in [-0.39, 0.29) is 6.10 Å². The number of rotatable bonds is 8. The van der Waals surface area contributed by atoms with Crippen LogP contribution in [0.5, 0.6) is 11.5 Å². The van der Waals surface area contributed by atoms with Crippen molar-refractivity contribution in [1.82, 2.24) is 14.8 Å². The summed E-state index contributed by atoms with van der Waals surface area (Å²) in [7, 11) is 1.63. The van der Waals surface area contributed by atoms with Crippen molar-refractivity contribution in [3.8, 4) is 11.5 Å². The Bertz CT molecular complexity index is 949. The second-order valence-electron chi connectivity index (χ2n) is 6.05. The second-order valence-corrected chi connectivity index (χ2v) is 7.83. The Labute approximate surface area is 179 Å². The Morgan fingerprint density at radius 1 is 1.11 bits per heavy atom. The molecule has 8 heteroatoms. The first-order chi connectivity index (χ1) is 13.5. The molecule has 0 N–H and O–H groups in total. The molecule has 28 heavy (non-hydrogen) atoms. The van der Waals surface area contributed by atoms with Gasteiger partial charge in [0.1, 0.15) is 11.5 Å². The van der Waals surface area contributed by atoms with Gasteiger partial charge in [-0.2, -0.15) is 0 Å². The van der Waals surface area contributed by atoms with E-state index in [0.29, 0.717) is 15.8 Å². The van der Waals surface area contributed by atoms with E-state index in [1.165, 1.54) is 0 Å². The van der Waals surface area contributed by atoms with E-state index < -0.39 is 0 Å². The predicted molar refractivity (Wildman–Crippen MR) is 114 cm³/mol. The van der Waals surface area contributed by atoms with Crippen molar-refractivity contribution in [1.29, 1.82) is 0 Å². The molecule has 1 heterocycles. The summed E-state index contributed by atoms with van der Waals surface area (Å²) in [5.74, 6) is 2.92. The molecule has 0 aliphatic rings. The third kappa shape index (κ3) is 4.93. The van der Waals surface area contributed by atoms with E-state index in [2.05, 4.69) is 21.7 Å². The minimum Gasteiger partial charge on any atom is -0.497 e. The van der Waals surface area contributed by atoms with Crippen LogP contribution in [-0.2, 0) is 12.3 Å². The van der Waals surface area contributed by atoms with Gasteiger partial charge in [-0.3, -0.25) is 0 Å². The summed E-state index contributed by atoms with van der Waals surface area (Å²) in [5, 5.41) is 10.8. The van der Waals surface area contributed by atoms with Crippen molar-refractivity contribution in [3.05, 3.63) is 63.9 Å². The monoisotopic (exact) mass is 437 g/mol. The molecule has 148 valence electrons. The number of thioether (sulfide) groups is 1. The maximum Gasteiger partial charge on any atom is 0.191 e. The average Bonchev–Trinajstić information content (AvgIpc) is 3.10. The summed E-state index contributed by atoms with van der Waals surface area (Å²) in [6.45, 7) is 4.76. The maximum atomic E-state index is 6.27. The molecule has 0 amide bonds. The Balaban J connectivity index is 1.73. The van der Waals surface area contributed by atoms with Crippen molar-refractivity contribution < 1.29 is 9.47 Å². The Morgan fingerprint density at radius 2 is 1.89 bits per heavy atom. The molecule has 0 aliphatic heterocycles. The van der Waals surface area contributed by atoms with Crippen molar-refractivity contribution in [3.63, 3.8) is 0 Å². The number of ether oxygens (including phenoxy) is 2. The van der Waals surface area contributed by atoms with Crippen LogP contribution in [0.4, 0.5) is 0 Å². The summed E-state index contributed by atoms with van der Waals surface area (Å²) < 4.78 is 13.3. The smallest absolute Gasteiger partial charge is 0.191 e. The molecule has 5 nitrogen and oxygen atoms in total. The largest absolute Gasteiger partial charge is 0.497 e. The zero-order valence-corrected chi connectivity index (χ0v) is 18.2. The van der Waals surface area contributed by atoms with Crippen LogP contribution in [0.25, 0.3) is 0 Å². The molecular formula is C20H21Cl2N3O2S. The highest BCUT2D eigenvalue weighted by Gasteiger charge is 2.19. The summed E-state index contributed by atoms with van der Waals surface area (Å²) in [4.78, 5) is 0. The number of benzene rings is 2. The fourth-order valence-electron chi connectivity index (χ4n) is 2.72. The number of hydrogen-bond donors (Lipinski definition) is 0. The van der Waals surface area contributed by atoms with Crippen LogP contribution < -0.4 is 9.47 Å². The van der Waals surface area contributed by atoms with Gasteiger partial charge in [0.25, 0.3) is 0 Å². The lowest BCUT2D eigenvalue weighted by atomic mass is 10.2. The summed E-state index contributed by atoms with van der Waals surface area (Å²) >= 11 is 13.8. The SMILES string of the molecule is CCn1c(SCc2ccc(Cl)cc2Cl)nnc1C(C)Oc1cccc(OC)c1. The molecule has 0 saturated carbocycles. The van der Waals surface area contributed by atoms with Crippen molar-refractivity contribution in [2.45, 2.75) is 37.4 Å². The van der Waals surface area contributed by atoms with E-state index in [4.69, 9.17) is 32.7 Å². The quantitative estimate of drug-likeness (QED) is 0.401. The fourth-order valence-corrected chi connectivity index (χ4v) is 4.29. The van der Waals surface area contributed by atoms with E-state index in [1.807, 2.05) is 43.3 Å². The van der Waals surface area contributed by atoms with Gasteiger partial charge in [0.05, 0.1) is 7.11 Å². The summed E-state index contributed by atoms with van der Waals surface area (Å²) in [6.07, 6.45) is -0.256. The molecule has 1 atom stereocenters. The highest BCUT2D eigenvalue weighted by atomic mass is 35.5. The van der Waals surface area contributed by atoms with E-state index in [9.17, 15) is 0 Å². The lowest BCUT2D eigenvalue weighted by Gasteiger charge is -2.16. The molecule has 0 bridgehead atoms. The second kappa shape index (κ2) is 9.54. The van der Waals surface area contributed by atoms with Crippen LogP contribution in [0.3, 0.4) is 0 Å². The molecule has 2 aromatic carbocycles. The van der Waals surface area contributed by atoms with Gasteiger partial charge in [-0.05, 0) is 43.7 Å². The van der Waals surface area contributed by atoms with E-state index in [1.54, 1.807) is 24.9 Å². The molecule has 1 aromatic heterocycles. The normalized spacial score (nSPS) is 12.0. The first kappa shape index (κ1) is 20.8. The number of nitrogens with zero attached hydrogens (tertiary/aromatic N) is 3. The number of hydrogen-bond acceptors (Lipinski definition) is 5. The third-order valence-electron chi connectivity index (χ3n) is 4.15. The maximum absolute atomic E-state index is 6.27. The molecule has 0 radical (unpaired) electrons. The van der Waals surface area contributed by atoms with Crippen LogP contribution in [0.15, 0.2) is 47.6 Å². The molecule has 0 saturated heterocycles. The van der Waals surface area contributed by atoms with Crippen molar-refractivity contribution in [2.24, 2.45) is 0 Å². The van der Waals surface area contributed by atoms with Gasteiger partial charge >= 0.3 is 0 Å². The van der Waals surface area contributed by atoms with Crippen LogP contribution in [0, 0.1) is 0 Å². The molecule has 3 aromatic rings. The Kier molecular flexibility index (Phi) is 7.10. The number of methoxy groups -OCH3 is 1. The van der Waals surface area contributed by atoms with Gasteiger partial charge in [0.2, 0.25) is 0 Å². The highest BCUT2D eigenvalue weighted by Crippen LogP contribution is 2.30. The Morgan fingerprint density at radius 3 is 2.61 bits per heavy atom. The van der Waals surface area contributed by atoms with Gasteiger partial charge in [-0.1, -0.05) is 47.1 Å². The van der Waals surface area contributed by atoms with Crippen LogP contribution >= 0.6 is 35.0 Å². The van der Waals surface area contributed by atoms with Crippen LogP contribution in [0.1, 0.15) is 31.3 Å². The third-order valence-corrected chi connectivity index (χ3v) is 5.75. The van der Waals surface area contributed by atoms with Crippen molar-refractivity contribution in [2.75, 3.05) is 7.11 Å². The zero-order valence-electron chi connectivity index (χ0n) is 15.9. The zero-order chi connectivity index (χ0) is 20.1. The minimum absolute atomic E-state index is 0.256. The molecule has 3 rings (SSSR count). The lowest BCUT2D eigenvalue weighted by molar-refractivity contribution is 0.209. The predicted octanol–water partition coefficient (Wildman–Crippen LogP) is 6.05. The molecule has 0 aliphatic carbocycles. The molecule has 0 fully saturated rings. The summed E-state index contributed by atoms with van der Waals surface area (Å²) in [6, 6.07) is 13.0. The van der Waals surface area contributed by atoms with Crippen LogP contribution in [0.2, 0.25) is 10.0 Å². The topological polar surface area (TPSA) is 49.2 Å². The lowest BCUT2D eigenvalue weighted by Crippen LogP contribution is -2.12. The van der Waals surface area contributed by atoms with Crippen molar-refractivity contribution >= 4 is 35.0 Å². The molecular weight excluding hydrogens is 417 g/mol. The average molecular weight is 438 g/mol. The first-order valence-electron chi connectivity index (χ1n) is 8.82. The molecule has 0 spiro atoms. The fraction of sp³-hybridized carbons (Fsp3) is 0.300. The Hall–Kier alpha value is -1.89. The van der Waals surface area contributed by atoms with Gasteiger partial charge in [0, 0.05) is 28.4 Å². The van der Waals surface area contributed by atoms with E-state index >= 15 is 0 Å². The minimum atomic E-state index is -0.256. The van der Waals surface area contributed by atoms with Crippen LogP contribution in [-0.4, -0.2) is 21.9 Å². The summed E-state index contributed by atoms with van der Waals surface area (Å²) in [5.41, 5.74) is 1.00. The van der Waals surface area contributed by atoms with Gasteiger partial charge < -0.3 is 14.0 Å². The molecule has 1 unspecified atom stereocenters. The standard InChI is InChI=1S/C20H21Cl2N3O2S/c1-4-25-19(13(2)27-17-7-5-6-16(11-17)26-3)23-24-20(25)28-12-14-8-9-15(21)10-18(14)22/h5-11,13H,4,12H2,1-3H3. The van der Waals surface area contributed by atoms with E-state index in [0.717, 1.165) is 34.6 Å². The highest BCUT2D eigenvalue weighted by molar-refractivity contribution is 7.98. The first-order valence-corrected chi connectivity index (χ1v) is 10.6. The number of aromatic nitrogens is 3. The van der Waals surface area contributed by atoms with Gasteiger partial charge in [0.15, 0.2) is 17.1 Å².